The van der Waals surface area contributed by atoms with Crippen molar-refractivity contribution < 1.29 is 23.3 Å². The van der Waals surface area contributed by atoms with Gasteiger partial charge in [-0.2, -0.15) is 0 Å². The summed E-state index contributed by atoms with van der Waals surface area (Å²) >= 11 is 0. The average Bonchev–Trinajstić information content (AvgIpc) is 2.30. The Balaban J connectivity index is 2.64. The van der Waals surface area contributed by atoms with Crippen molar-refractivity contribution in [2.45, 2.75) is 19.3 Å². The summed E-state index contributed by atoms with van der Waals surface area (Å²) in [5.74, 6) is -0.113. The van der Waals surface area contributed by atoms with Crippen molar-refractivity contribution in [3.63, 3.8) is 0 Å². The van der Waals surface area contributed by atoms with Gasteiger partial charge in [0, 0.05) is 13.8 Å². The molecule has 0 spiro atoms. The largest absolute Gasteiger partial charge is 0.433 e. The summed E-state index contributed by atoms with van der Waals surface area (Å²) in [5.41, 5.74) is 0. The fourth-order valence-corrected chi connectivity index (χ4v) is 2.80. The van der Waals surface area contributed by atoms with Crippen LogP contribution in [0.4, 0.5) is 4.39 Å². The number of halogens is 1. The first-order valence-corrected chi connectivity index (χ1v) is 7.42. The molecule has 0 aliphatic carbocycles. The molecule has 0 radical (unpaired) electrons. The van der Waals surface area contributed by atoms with Crippen molar-refractivity contribution in [1.29, 1.82) is 0 Å². The van der Waals surface area contributed by atoms with Gasteiger partial charge in [0.05, 0.1) is 6.04 Å². The summed E-state index contributed by atoms with van der Waals surface area (Å²) in [6.07, 6.45) is -1.09. The van der Waals surface area contributed by atoms with Crippen molar-refractivity contribution in [3.05, 3.63) is 30.1 Å². The second-order valence-electron chi connectivity index (χ2n) is 3.94. The minimum Gasteiger partial charge on any atom is -0.433 e. The van der Waals surface area contributed by atoms with E-state index in [1.807, 2.05) is 0 Å². The Morgan fingerprint density at radius 3 is 2.44 bits per heavy atom. The molecule has 1 aromatic rings. The molecule has 0 heterocycles. The molecular weight excluding hydrogens is 260 g/mol. The molecule has 0 aliphatic heterocycles. The van der Waals surface area contributed by atoms with E-state index < -0.39 is 25.7 Å². The number of aliphatic hydroxyl groups excluding tert-OH is 1. The van der Waals surface area contributed by atoms with E-state index in [4.69, 9.17) is 9.26 Å². The van der Waals surface area contributed by atoms with E-state index in [-0.39, 0.29) is 5.75 Å². The van der Waals surface area contributed by atoms with Crippen LogP contribution >= 0.6 is 7.52 Å². The number of nitrogens with one attached hydrogen (secondary N) is 1. The predicted octanol–water partition coefficient (Wildman–Crippen LogP) is 1.97. The molecule has 18 heavy (non-hydrogen) atoms. The fraction of sp³-hybridized carbons (Fsp3) is 0.455. The molecule has 0 saturated heterocycles. The minimum absolute atomic E-state index is 0.286. The standard InChI is InChI=1S/C11H17FNO4P/c1-8(11(14)16-2)13-18(3,15)17-10-6-4-9(12)5-7-10/h4-8,11,14H,1-3H3,(H,13,15)/t8-,11?,18?/m0/s1. The van der Waals surface area contributed by atoms with Gasteiger partial charge in [0.2, 0.25) is 0 Å². The van der Waals surface area contributed by atoms with Crippen LogP contribution in [0.15, 0.2) is 24.3 Å². The van der Waals surface area contributed by atoms with Gasteiger partial charge in [-0.1, -0.05) is 0 Å². The summed E-state index contributed by atoms with van der Waals surface area (Å²) in [5, 5.41) is 12.0. The van der Waals surface area contributed by atoms with Crippen molar-refractivity contribution in [1.82, 2.24) is 5.09 Å². The Kier molecular flexibility index (Phi) is 5.28. The van der Waals surface area contributed by atoms with E-state index in [2.05, 4.69) is 5.09 Å². The van der Waals surface area contributed by atoms with Crippen LogP contribution in [0.3, 0.4) is 0 Å². The van der Waals surface area contributed by atoms with Gasteiger partial charge in [-0.05, 0) is 31.2 Å². The smallest absolute Gasteiger partial charge is 0.314 e. The molecule has 0 aromatic heterocycles. The number of hydrogen-bond donors (Lipinski definition) is 2. The van der Waals surface area contributed by atoms with Crippen LogP contribution < -0.4 is 9.61 Å². The van der Waals surface area contributed by atoms with Crippen LogP contribution in [0.1, 0.15) is 6.92 Å². The maximum absolute atomic E-state index is 12.7. The molecule has 0 aliphatic rings. The Morgan fingerprint density at radius 1 is 1.39 bits per heavy atom. The van der Waals surface area contributed by atoms with Crippen LogP contribution in [0, 0.1) is 5.82 Å². The molecule has 3 atom stereocenters. The first kappa shape index (κ1) is 15.1. The predicted molar refractivity (Wildman–Crippen MR) is 66.2 cm³/mol. The fourth-order valence-electron chi connectivity index (χ4n) is 1.36. The van der Waals surface area contributed by atoms with Crippen LogP contribution in [0.25, 0.3) is 0 Å². The Labute approximate surface area is 105 Å². The lowest BCUT2D eigenvalue weighted by Gasteiger charge is -2.23. The SMILES string of the molecule is COC(O)[C@H](C)NP(C)(=O)Oc1ccc(F)cc1. The highest BCUT2D eigenvalue weighted by Gasteiger charge is 2.24. The molecule has 102 valence electrons. The summed E-state index contributed by atoms with van der Waals surface area (Å²) in [6.45, 7) is 2.98. The minimum atomic E-state index is -3.17. The lowest BCUT2D eigenvalue weighted by molar-refractivity contribution is -0.0893. The van der Waals surface area contributed by atoms with E-state index in [1.165, 1.54) is 38.0 Å². The summed E-state index contributed by atoms with van der Waals surface area (Å²) in [4.78, 5) is 0. The van der Waals surface area contributed by atoms with Crippen LogP contribution in [0.5, 0.6) is 5.75 Å². The first-order chi connectivity index (χ1) is 8.34. The molecular formula is C11H17FNO4P. The molecule has 0 bridgehead atoms. The third-order valence-corrected chi connectivity index (χ3v) is 3.64. The molecule has 2 N–H and O–H groups in total. The highest BCUT2D eigenvalue weighted by molar-refractivity contribution is 7.56. The van der Waals surface area contributed by atoms with Crippen molar-refractivity contribution >= 4 is 7.52 Å². The molecule has 1 rings (SSSR count). The topological polar surface area (TPSA) is 67.8 Å². The molecule has 1 aromatic carbocycles. The maximum atomic E-state index is 12.7. The number of benzene rings is 1. The zero-order valence-electron chi connectivity index (χ0n) is 10.5. The lowest BCUT2D eigenvalue weighted by atomic mass is 10.3. The molecule has 5 nitrogen and oxygen atoms in total. The van der Waals surface area contributed by atoms with Gasteiger partial charge in [0.1, 0.15) is 11.6 Å². The van der Waals surface area contributed by atoms with Crippen molar-refractivity contribution in [2.24, 2.45) is 0 Å². The zero-order chi connectivity index (χ0) is 13.8. The second kappa shape index (κ2) is 6.29. The molecule has 0 amide bonds. The average molecular weight is 277 g/mol. The van der Waals surface area contributed by atoms with E-state index in [0.717, 1.165) is 0 Å². The summed E-state index contributed by atoms with van der Waals surface area (Å²) in [6, 6.07) is 4.62. The monoisotopic (exact) mass is 277 g/mol. The van der Waals surface area contributed by atoms with Gasteiger partial charge in [-0.25, -0.2) is 9.48 Å². The Hall–Kier alpha value is -0.940. The van der Waals surface area contributed by atoms with Gasteiger partial charge >= 0.3 is 7.52 Å². The molecule has 2 unspecified atom stereocenters. The second-order valence-corrected chi connectivity index (χ2v) is 6.07. The molecule has 7 heteroatoms. The van der Waals surface area contributed by atoms with Crippen molar-refractivity contribution in [2.75, 3.05) is 13.8 Å². The third-order valence-electron chi connectivity index (χ3n) is 2.20. The van der Waals surface area contributed by atoms with Crippen LogP contribution in [0.2, 0.25) is 0 Å². The number of methoxy groups -OCH3 is 1. The maximum Gasteiger partial charge on any atom is 0.314 e. The van der Waals surface area contributed by atoms with Crippen LogP contribution in [-0.2, 0) is 9.30 Å². The first-order valence-electron chi connectivity index (χ1n) is 5.35. The lowest BCUT2D eigenvalue weighted by Crippen LogP contribution is -2.37. The highest BCUT2D eigenvalue weighted by atomic mass is 31.2. The summed E-state index contributed by atoms with van der Waals surface area (Å²) < 4.78 is 34.7. The highest BCUT2D eigenvalue weighted by Crippen LogP contribution is 2.39. The van der Waals surface area contributed by atoms with Crippen molar-refractivity contribution in [3.8, 4) is 5.75 Å². The van der Waals surface area contributed by atoms with Gasteiger partial charge in [-0.3, -0.25) is 4.57 Å². The third kappa shape index (κ3) is 4.74. The Morgan fingerprint density at radius 2 is 1.94 bits per heavy atom. The van der Waals surface area contributed by atoms with E-state index >= 15 is 0 Å². The van der Waals surface area contributed by atoms with E-state index in [9.17, 15) is 14.1 Å². The quantitative estimate of drug-likeness (QED) is 0.614. The molecule has 0 saturated carbocycles. The van der Waals surface area contributed by atoms with Gasteiger partial charge in [0.15, 0.2) is 6.29 Å². The van der Waals surface area contributed by atoms with Gasteiger partial charge < -0.3 is 14.4 Å². The molecule has 0 fully saturated rings. The Bertz CT molecular complexity index is 426. The van der Waals surface area contributed by atoms with Gasteiger partial charge in [-0.15, -0.1) is 0 Å². The zero-order valence-corrected chi connectivity index (χ0v) is 11.4. The normalized spacial score (nSPS) is 17.8. The number of ether oxygens (including phenoxy) is 1. The van der Waals surface area contributed by atoms with E-state index in [1.54, 1.807) is 6.92 Å². The van der Waals surface area contributed by atoms with Gasteiger partial charge in [0.25, 0.3) is 0 Å². The number of aliphatic hydroxyl groups is 1. The number of hydrogen-bond acceptors (Lipinski definition) is 4. The number of rotatable bonds is 6. The van der Waals surface area contributed by atoms with Crippen LogP contribution in [-0.4, -0.2) is 31.2 Å². The summed E-state index contributed by atoms with van der Waals surface area (Å²) in [7, 11) is -1.83. The van der Waals surface area contributed by atoms with E-state index in [0.29, 0.717) is 0 Å².